The second kappa shape index (κ2) is 38.8. The third-order valence-electron chi connectivity index (χ3n) is 8.50. The molecule has 9 heteroatoms. The zero-order valence-electron chi connectivity index (χ0n) is 29.6. The Morgan fingerprint density at radius 2 is 0.422 bits per heavy atom. The minimum atomic E-state index is -3.99. The van der Waals surface area contributed by atoms with Gasteiger partial charge in [-0.2, -0.15) is 0 Å². The van der Waals surface area contributed by atoms with Crippen LogP contribution in [0.3, 0.4) is 0 Å². The Bertz CT molecular complexity index is 696. The smallest absolute Gasteiger partial charge is 0.748 e. The van der Waals surface area contributed by atoms with Crippen LogP contribution in [0.4, 0.5) is 0 Å². The van der Waals surface area contributed by atoms with Crippen LogP contribution in [0.5, 0.6) is 0 Å². The molecular formula is C36H74NiO6S2. The number of hydrogen-bond donors (Lipinski definition) is 0. The van der Waals surface area contributed by atoms with Crippen LogP contribution in [0.2, 0.25) is 0 Å². The van der Waals surface area contributed by atoms with Crippen LogP contribution < -0.4 is 0 Å². The average molecular weight is 726 g/mol. The zero-order valence-corrected chi connectivity index (χ0v) is 32.2. The molecular weight excluding hydrogens is 651 g/mol. The Morgan fingerprint density at radius 3 is 0.556 bits per heavy atom. The summed E-state index contributed by atoms with van der Waals surface area (Å²) in [5, 5.41) is 0. The number of unbranched alkanes of at least 4 members (excludes halogenated alkanes) is 30. The first-order valence-electron chi connectivity index (χ1n) is 19.0. The second-order valence-corrected chi connectivity index (χ2v) is 16.2. The minimum absolute atomic E-state index is 0. The molecule has 0 saturated carbocycles. The third kappa shape index (κ3) is 54.0. The van der Waals surface area contributed by atoms with E-state index in [-0.39, 0.29) is 28.0 Å². The predicted octanol–water partition coefficient (Wildman–Crippen LogP) is 11.6. The van der Waals surface area contributed by atoms with Gasteiger partial charge in [0, 0.05) is 11.5 Å². The van der Waals surface area contributed by atoms with E-state index in [1.807, 2.05) is 0 Å². The molecule has 0 unspecified atom stereocenters. The molecule has 0 bridgehead atoms. The van der Waals surface area contributed by atoms with E-state index in [1.165, 1.54) is 167 Å². The van der Waals surface area contributed by atoms with Gasteiger partial charge in [-0.25, -0.2) is 16.8 Å². The quantitative estimate of drug-likeness (QED) is 0.0370. The van der Waals surface area contributed by atoms with Gasteiger partial charge >= 0.3 is 16.5 Å². The summed E-state index contributed by atoms with van der Waals surface area (Å²) in [7, 11) is -7.99. The molecule has 0 spiro atoms. The van der Waals surface area contributed by atoms with Crippen molar-refractivity contribution in [3.63, 3.8) is 0 Å². The fourth-order valence-electron chi connectivity index (χ4n) is 5.65. The SMILES string of the molecule is CCCCCCCCCCCCCCCCCCS(=O)(=O)[O-].CCCCCCCCCCCCCCCCCCS(=O)(=O)[O-].[Ni+2]. The van der Waals surface area contributed by atoms with E-state index >= 15 is 0 Å². The van der Waals surface area contributed by atoms with E-state index < -0.39 is 20.2 Å². The van der Waals surface area contributed by atoms with Crippen molar-refractivity contribution in [2.75, 3.05) is 11.5 Å². The van der Waals surface area contributed by atoms with Crippen LogP contribution in [-0.4, -0.2) is 37.4 Å². The predicted molar refractivity (Wildman–Crippen MR) is 188 cm³/mol. The van der Waals surface area contributed by atoms with Gasteiger partial charge in [0.25, 0.3) is 0 Å². The van der Waals surface area contributed by atoms with E-state index in [2.05, 4.69) is 13.8 Å². The molecule has 0 rings (SSSR count). The monoisotopic (exact) mass is 724 g/mol. The molecule has 0 aromatic carbocycles. The molecule has 0 atom stereocenters. The van der Waals surface area contributed by atoms with Gasteiger partial charge < -0.3 is 9.11 Å². The van der Waals surface area contributed by atoms with Gasteiger partial charge in [0.15, 0.2) is 0 Å². The summed E-state index contributed by atoms with van der Waals surface area (Å²) < 4.78 is 62.5. The Balaban J connectivity index is -0.000000767. The summed E-state index contributed by atoms with van der Waals surface area (Å²) in [6, 6.07) is 0. The van der Waals surface area contributed by atoms with Gasteiger partial charge in [0.1, 0.15) is 0 Å². The maximum absolute atomic E-state index is 10.4. The van der Waals surface area contributed by atoms with Gasteiger partial charge in [-0.05, 0) is 12.8 Å². The van der Waals surface area contributed by atoms with E-state index in [0.29, 0.717) is 12.8 Å². The van der Waals surface area contributed by atoms with Crippen LogP contribution in [0.1, 0.15) is 219 Å². The third-order valence-corrected chi connectivity index (χ3v) is 10.1. The maximum atomic E-state index is 10.4. The average Bonchev–Trinajstić information content (AvgIpc) is 2.96. The van der Waals surface area contributed by atoms with Crippen molar-refractivity contribution in [2.45, 2.75) is 219 Å². The Labute approximate surface area is 292 Å². The van der Waals surface area contributed by atoms with Crippen molar-refractivity contribution in [3.8, 4) is 0 Å². The summed E-state index contributed by atoms with van der Waals surface area (Å²) in [5.74, 6) is -0.378. The van der Waals surface area contributed by atoms with E-state index in [9.17, 15) is 25.9 Å². The zero-order chi connectivity index (χ0) is 33.0. The molecule has 0 aliphatic rings. The van der Waals surface area contributed by atoms with E-state index in [0.717, 1.165) is 25.7 Å². The van der Waals surface area contributed by atoms with Crippen LogP contribution in [0.15, 0.2) is 0 Å². The van der Waals surface area contributed by atoms with Gasteiger partial charge in [-0.15, -0.1) is 0 Å². The molecule has 276 valence electrons. The summed E-state index contributed by atoms with van der Waals surface area (Å²) in [5.41, 5.74) is 0. The van der Waals surface area contributed by atoms with Crippen molar-refractivity contribution >= 4 is 20.2 Å². The first-order chi connectivity index (χ1) is 21.1. The molecule has 0 fully saturated rings. The topological polar surface area (TPSA) is 114 Å². The first-order valence-corrected chi connectivity index (χ1v) is 22.1. The van der Waals surface area contributed by atoms with Gasteiger partial charge in [-0.3, -0.25) is 0 Å². The van der Waals surface area contributed by atoms with Crippen LogP contribution in [-0.2, 0) is 36.7 Å². The molecule has 0 radical (unpaired) electrons. The minimum Gasteiger partial charge on any atom is -0.748 e. The fourth-order valence-corrected chi connectivity index (χ4v) is 6.77. The summed E-state index contributed by atoms with van der Waals surface area (Å²) in [4.78, 5) is 0. The first kappa shape index (κ1) is 49.7. The Kier molecular flexibility index (Phi) is 42.8. The van der Waals surface area contributed by atoms with Crippen molar-refractivity contribution in [1.29, 1.82) is 0 Å². The van der Waals surface area contributed by atoms with Crippen LogP contribution >= 0.6 is 0 Å². The summed E-state index contributed by atoms with van der Waals surface area (Å²) in [6.07, 6.45) is 40.1. The molecule has 6 nitrogen and oxygen atoms in total. The fraction of sp³-hybridized carbons (Fsp3) is 1.00. The van der Waals surface area contributed by atoms with Crippen molar-refractivity contribution < 1.29 is 42.4 Å². The van der Waals surface area contributed by atoms with Crippen molar-refractivity contribution in [3.05, 3.63) is 0 Å². The molecule has 0 amide bonds. The van der Waals surface area contributed by atoms with Crippen molar-refractivity contribution in [2.24, 2.45) is 0 Å². The van der Waals surface area contributed by atoms with Gasteiger partial charge in [0.2, 0.25) is 0 Å². The molecule has 0 aromatic heterocycles. The molecule has 0 N–H and O–H groups in total. The summed E-state index contributed by atoms with van der Waals surface area (Å²) >= 11 is 0. The second-order valence-electron chi connectivity index (χ2n) is 13.1. The van der Waals surface area contributed by atoms with Crippen LogP contribution in [0.25, 0.3) is 0 Å². The van der Waals surface area contributed by atoms with Crippen molar-refractivity contribution in [1.82, 2.24) is 0 Å². The van der Waals surface area contributed by atoms with E-state index in [4.69, 9.17) is 0 Å². The molecule has 0 aliphatic heterocycles. The molecule has 0 heterocycles. The van der Waals surface area contributed by atoms with Gasteiger partial charge in [0.05, 0.1) is 20.2 Å². The van der Waals surface area contributed by atoms with Gasteiger partial charge in [-0.1, -0.05) is 206 Å². The molecule has 0 aliphatic carbocycles. The normalized spacial score (nSPS) is 11.6. The number of rotatable bonds is 34. The molecule has 0 aromatic rings. The Morgan fingerprint density at radius 1 is 0.289 bits per heavy atom. The largest absolute Gasteiger partial charge is 2.00 e. The Hall–Kier alpha value is 0.314. The molecule has 0 saturated heterocycles. The molecule has 45 heavy (non-hydrogen) atoms. The van der Waals surface area contributed by atoms with E-state index in [1.54, 1.807) is 0 Å². The number of hydrogen-bond acceptors (Lipinski definition) is 6. The maximum Gasteiger partial charge on any atom is 2.00 e. The standard InChI is InChI=1S/2C18H38O3S.Ni/c2*1-2-3-4-5-6-7-8-9-10-11-12-13-14-15-16-17-18-22(19,20)21;/h2*2-18H2,1H3,(H,19,20,21);/q;;+2/p-2. The van der Waals surface area contributed by atoms with Crippen LogP contribution in [0, 0.1) is 0 Å². The summed E-state index contributed by atoms with van der Waals surface area (Å²) in [6.45, 7) is 4.52.